The molecule has 1 unspecified atom stereocenters. The third kappa shape index (κ3) is 3.07. The minimum absolute atomic E-state index is 0.456. The maximum Gasteiger partial charge on any atom is 0.137 e. The summed E-state index contributed by atoms with van der Waals surface area (Å²) >= 11 is 6.06. The molecule has 1 saturated heterocycles. The van der Waals surface area contributed by atoms with Crippen LogP contribution in [0.1, 0.15) is 24.2 Å². The fourth-order valence-electron chi connectivity index (χ4n) is 2.21. The summed E-state index contributed by atoms with van der Waals surface area (Å²) in [7, 11) is 2.15. The standard InChI is InChI=1S/C12H19ClN4/c1-8-11(13)14-9(2)15-12(8)16-10-5-4-6-17(3)7-10/h10H,4-7H2,1-3H3,(H,14,15,16). The van der Waals surface area contributed by atoms with Crippen molar-refractivity contribution < 1.29 is 0 Å². The first-order valence-electron chi connectivity index (χ1n) is 6.02. The summed E-state index contributed by atoms with van der Waals surface area (Å²) < 4.78 is 0. The van der Waals surface area contributed by atoms with Gasteiger partial charge >= 0.3 is 0 Å². The Labute approximate surface area is 107 Å². The molecule has 4 nitrogen and oxygen atoms in total. The number of piperidine rings is 1. The van der Waals surface area contributed by atoms with E-state index in [-0.39, 0.29) is 0 Å². The summed E-state index contributed by atoms with van der Waals surface area (Å²) in [5.41, 5.74) is 0.936. The lowest BCUT2D eigenvalue weighted by Crippen LogP contribution is -2.40. The lowest BCUT2D eigenvalue weighted by molar-refractivity contribution is 0.260. The Hall–Kier alpha value is -0.870. The lowest BCUT2D eigenvalue weighted by atomic mass is 10.1. The van der Waals surface area contributed by atoms with Gasteiger partial charge in [0.15, 0.2) is 0 Å². The molecule has 0 radical (unpaired) electrons. The van der Waals surface area contributed by atoms with Gasteiger partial charge in [-0.25, -0.2) is 9.97 Å². The molecule has 1 aromatic rings. The third-order valence-electron chi connectivity index (χ3n) is 3.16. The van der Waals surface area contributed by atoms with E-state index in [2.05, 4.69) is 27.2 Å². The van der Waals surface area contributed by atoms with Crippen molar-refractivity contribution in [1.29, 1.82) is 0 Å². The van der Waals surface area contributed by atoms with E-state index in [0.29, 0.717) is 17.0 Å². The maximum atomic E-state index is 6.06. The Kier molecular flexibility index (Phi) is 3.84. The largest absolute Gasteiger partial charge is 0.366 e. The molecule has 0 bridgehead atoms. The van der Waals surface area contributed by atoms with E-state index in [1.807, 2.05) is 13.8 Å². The SMILES string of the molecule is Cc1nc(Cl)c(C)c(NC2CCCN(C)C2)n1. The molecule has 1 atom stereocenters. The zero-order valence-electron chi connectivity index (χ0n) is 10.6. The molecule has 1 aromatic heterocycles. The molecule has 2 heterocycles. The average Bonchev–Trinajstić information content (AvgIpc) is 2.25. The predicted molar refractivity (Wildman–Crippen MR) is 70.7 cm³/mol. The molecule has 1 N–H and O–H groups in total. The van der Waals surface area contributed by atoms with E-state index in [4.69, 9.17) is 11.6 Å². The van der Waals surface area contributed by atoms with Crippen molar-refractivity contribution in [2.24, 2.45) is 0 Å². The number of aromatic nitrogens is 2. The smallest absolute Gasteiger partial charge is 0.137 e. The first kappa shape index (κ1) is 12.6. The number of hydrogen-bond donors (Lipinski definition) is 1. The van der Waals surface area contributed by atoms with Crippen LogP contribution in [0.5, 0.6) is 0 Å². The van der Waals surface area contributed by atoms with Gasteiger partial charge in [0.05, 0.1) is 0 Å². The van der Waals surface area contributed by atoms with Gasteiger partial charge in [-0.3, -0.25) is 0 Å². The topological polar surface area (TPSA) is 41.1 Å². The summed E-state index contributed by atoms with van der Waals surface area (Å²) in [6, 6.07) is 0.456. The first-order chi connectivity index (χ1) is 8.06. The molecule has 0 aliphatic carbocycles. The monoisotopic (exact) mass is 254 g/mol. The fraction of sp³-hybridized carbons (Fsp3) is 0.667. The average molecular weight is 255 g/mol. The van der Waals surface area contributed by atoms with Crippen molar-refractivity contribution >= 4 is 17.4 Å². The number of rotatable bonds is 2. The van der Waals surface area contributed by atoms with Crippen LogP contribution < -0.4 is 5.32 Å². The molecular weight excluding hydrogens is 236 g/mol. The Bertz CT molecular complexity index is 408. The van der Waals surface area contributed by atoms with E-state index in [1.165, 1.54) is 19.4 Å². The van der Waals surface area contributed by atoms with E-state index in [1.54, 1.807) is 0 Å². The maximum absolute atomic E-state index is 6.06. The van der Waals surface area contributed by atoms with Crippen LogP contribution in [0.4, 0.5) is 5.82 Å². The number of likely N-dealkylation sites (N-methyl/N-ethyl adjacent to an activating group) is 1. The van der Waals surface area contributed by atoms with E-state index >= 15 is 0 Å². The number of anilines is 1. The van der Waals surface area contributed by atoms with Crippen LogP contribution in [-0.4, -0.2) is 41.0 Å². The summed E-state index contributed by atoms with van der Waals surface area (Å²) in [6.07, 6.45) is 2.41. The number of aryl methyl sites for hydroxylation is 1. The number of halogens is 1. The molecule has 1 fully saturated rings. The van der Waals surface area contributed by atoms with Crippen LogP contribution in [0, 0.1) is 13.8 Å². The second-order valence-corrected chi connectivity index (χ2v) is 5.14. The van der Waals surface area contributed by atoms with Gasteiger partial charge < -0.3 is 10.2 Å². The predicted octanol–water partition coefficient (Wildman–Crippen LogP) is 2.25. The van der Waals surface area contributed by atoms with Crippen molar-refractivity contribution in [2.45, 2.75) is 32.7 Å². The van der Waals surface area contributed by atoms with Crippen LogP contribution >= 0.6 is 11.6 Å². The van der Waals surface area contributed by atoms with Crippen molar-refractivity contribution in [1.82, 2.24) is 14.9 Å². The number of likely N-dealkylation sites (tertiary alicyclic amines) is 1. The molecule has 2 rings (SSSR count). The number of nitrogens with one attached hydrogen (secondary N) is 1. The molecule has 17 heavy (non-hydrogen) atoms. The molecule has 1 aliphatic rings. The van der Waals surface area contributed by atoms with Gasteiger partial charge in [0.2, 0.25) is 0 Å². The quantitative estimate of drug-likeness (QED) is 0.822. The molecule has 1 aliphatic heterocycles. The first-order valence-corrected chi connectivity index (χ1v) is 6.40. The highest BCUT2D eigenvalue weighted by Gasteiger charge is 2.18. The fourth-order valence-corrected chi connectivity index (χ4v) is 2.42. The van der Waals surface area contributed by atoms with Gasteiger partial charge in [-0.1, -0.05) is 11.6 Å². The second kappa shape index (κ2) is 5.19. The van der Waals surface area contributed by atoms with Crippen LogP contribution in [0.3, 0.4) is 0 Å². The van der Waals surface area contributed by atoms with Crippen molar-refractivity contribution in [3.05, 3.63) is 16.5 Å². The van der Waals surface area contributed by atoms with Gasteiger partial charge in [-0.2, -0.15) is 0 Å². The number of nitrogens with zero attached hydrogens (tertiary/aromatic N) is 3. The van der Waals surface area contributed by atoms with Gasteiger partial charge in [-0.15, -0.1) is 0 Å². The summed E-state index contributed by atoms with van der Waals surface area (Å²) in [5.74, 6) is 1.59. The van der Waals surface area contributed by atoms with Crippen LogP contribution in [0.25, 0.3) is 0 Å². The Balaban J connectivity index is 2.12. The van der Waals surface area contributed by atoms with Gasteiger partial charge in [0.1, 0.15) is 16.8 Å². The number of hydrogen-bond acceptors (Lipinski definition) is 4. The van der Waals surface area contributed by atoms with E-state index in [9.17, 15) is 0 Å². The van der Waals surface area contributed by atoms with Crippen LogP contribution in [-0.2, 0) is 0 Å². The molecule has 0 spiro atoms. The minimum atomic E-state index is 0.456. The highest BCUT2D eigenvalue weighted by atomic mass is 35.5. The van der Waals surface area contributed by atoms with Crippen molar-refractivity contribution in [3.63, 3.8) is 0 Å². The van der Waals surface area contributed by atoms with Crippen LogP contribution in [0.2, 0.25) is 5.15 Å². The second-order valence-electron chi connectivity index (χ2n) is 4.78. The van der Waals surface area contributed by atoms with Crippen molar-refractivity contribution in [3.8, 4) is 0 Å². The summed E-state index contributed by atoms with van der Waals surface area (Å²) in [6.45, 7) is 6.06. The van der Waals surface area contributed by atoms with Gasteiger partial charge in [0, 0.05) is 18.2 Å². The van der Waals surface area contributed by atoms with Crippen molar-refractivity contribution in [2.75, 3.05) is 25.5 Å². The Morgan fingerprint density at radius 2 is 2.12 bits per heavy atom. The molecule has 5 heteroatoms. The summed E-state index contributed by atoms with van der Waals surface area (Å²) in [4.78, 5) is 10.9. The Morgan fingerprint density at radius 3 is 2.82 bits per heavy atom. The zero-order valence-corrected chi connectivity index (χ0v) is 11.4. The highest BCUT2D eigenvalue weighted by Crippen LogP contribution is 2.22. The normalized spacial score (nSPS) is 21.5. The molecule has 94 valence electrons. The molecule has 0 amide bonds. The molecular formula is C12H19ClN4. The zero-order chi connectivity index (χ0) is 12.4. The third-order valence-corrected chi connectivity index (χ3v) is 3.53. The van der Waals surface area contributed by atoms with Crippen LogP contribution in [0.15, 0.2) is 0 Å². The lowest BCUT2D eigenvalue weighted by Gasteiger charge is -2.31. The van der Waals surface area contributed by atoms with E-state index in [0.717, 1.165) is 17.9 Å². The Morgan fingerprint density at radius 1 is 1.35 bits per heavy atom. The highest BCUT2D eigenvalue weighted by molar-refractivity contribution is 6.30. The molecule has 0 saturated carbocycles. The van der Waals surface area contributed by atoms with Gasteiger partial charge in [0.25, 0.3) is 0 Å². The summed E-state index contributed by atoms with van der Waals surface area (Å²) in [5, 5.41) is 4.03. The van der Waals surface area contributed by atoms with Gasteiger partial charge in [-0.05, 0) is 40.3 Å². The van der Waals surface area contributed by atoms with E-state index < -0.39 is 0 Å². The minimum Gasteiger partial charge on any atom is -0.366 e. The molecule has 0 aromatic carbocycles.